The molecule has 1 heterocycles. The molecule has 1 amide bonds. The largest absolute Gasteiger partial charge is 0.488 e. The van der Waals surface area contributed by atoms with Gasteiger partial charge in [-0.2, -0.15) is 0 Å². The number of carbonyl (C=O) groups is 1. The second-order valence-corrected chi connectivity index (χ2v) is 7.95. The summed E-state index contributed by atoms with van der Waals surface area (Å²) < 4.78 is 6.36. The Hall–Kier alpha value is -2.97. The van der Waals surface area contributed by atoms with E-state index in [0.29, 0.717) is 33.7 Å². The average molecular weight is 427 g/mol. The molecule has 29 heavy (non-hydrogen) atoms. The van der Waals surface area contributed by atoms with Gasteiger partial charge in [-0.05, 0) is 30.2 Å². The van der Waals surface area contributed by atoms with Crippen molar-refractivity contribution in [3.8, 4) is 5.75 Å². The van der Waals surface area contributed by atoms with Crippen LogP contribution in [0.4, 0.5) is 5.69 Å². The van der Waals surface area contributed by atoms with Crippen molar-refractivity contribution in [2.24, 2.45) is 0 Å². The number of aryl methyl sites for hydroxylation is 1. The van der Waals surface area contributed by atoms with Crippen molar-refractivity contribution >= 4 is 46.0 Å². The lowest BCUT2D eigenvalue weighted by atomic mass is 10.1. The summed E-state index contributed by atoms with van der Waals surface area (Å²) in [5, 5.41) is 11.2. The van der Waals surface area contributed by atoms with Gasteiger partial charge in [-0.1, -0.05) is 54.3 Å². The molecule has 6 nitrogen and oxygen atoms in total. The van der Waals surface area contributed by atoms with Crippen LogP contribution in [0.2, 0.25) is 0 Å². The fourth-order valence-corrected chi connectivity index (χ4v) is 4.01. The van der Waals surface area contributed by atoms with Crippen LogP contribution >= 0.6 is 24.0 Å². The Morgan fingerprint density at radius 1 is 1.31 bits per heavy atom. The molecule has 1 saturated heterocycles. The van der Waals surface area contributed by atoms with Crippen LogP contribution < -0.4 is 4.74 Å². The number of amides is 1. The molecule has 148 valence electrons. The second kappa shape index (κ2) is 9.02. The molecule has 0 aromatic heterocycles. The molecule has 0 N–H and O–H groups in total. The van der Waals surface area contributed by atoms with E-state index in [4.69, 9.17) is 17.0 Å². The first-order chi connectivity index (χ1) is 13.9. The monoisotopic (exact) mass is 426 g/mol. The highest BCUT2D eigenvalue weighted by atomic mass is 32.2. The number of thiocarbonyl (C=S) groups is 1. The molecule has 0 unspecified atom stereocenters. The van der Waals surface area contributed by atoms with Gasteiger partial charge in [0, 0.05) is 24.2 Å². The molecule has 2 aromatic carbocycles. The Balaban J connectivity index is 1.93. The standard InChI is InChI=1S/C21H18N2O4S2/c1-3-10-22-20(24)19(29-21(22)28)12-16-11-17(23(25)26)8-9-18(16)27-13-15-7-5-4-6-14(15)2/h3-9,11-12H,1,10,13H2,2H3/b19-12+. The Kier molecular flexibility index (Phi) is 6.46. The molecular formula is C21H18N2O4S2. The highest BCUT2D eigenvalue weighted by Crippen LogP contribution is 2.35. The van der Waals surface area contributed by atoms with Crippen molar-refractivity contribution in [2.45, 2.75) is 13.5 Å². The molecule has 0 spiro atoms. The van der Waals surface area contributed by atoms with Crippen molar-refractivity contribution < 1.29 is 14.5 Å². The lowest BCUT2D eigenvalue weighted by molar-refractivity contribution is -0.384. The van der Waals surface area contributed by atoms with Crippen LogP contribution in [0.15, 0.2) is 60.0 Å². The molecule has 0 aliphatic carbocycles. The highest BCUT2D eigenvalue weighted by Gasteiger charge is 2.31. The van der Waals surface area contributed by atoms with Gasteiger partial charge in [-0.3, -0.25) is 19.8 Å². The molecule has 2 aromatic rings. The highest BCUT2D eigenvalue weighted by molar-refractivity contribution is 8.26. The van der Waals surface area contributed by atoms with Crippen molar-refractivity contribution in [2.75, 3.05) is 6.54 Å². The van der Waals surface area contributed by atoms with Crippen LogP contribution in [-0.4, -0.2) is 26.6 Å². The van der Waals surface area contributed by atoms with Gasteiger partial charge in [0.15, 0.2) is 0 Å². The molecule has 0 saturated carbocycles. The number of benzene rings is 2. The number of non-ortho nitro benzene ring substituents is 1. The summed E-state index contributed by atoms with van der Waals surface area (Å²) in [6, 6.07) is 12.1. The third kappa shape index (κ3) is 4.72. The summed E-state index contributed by atoms with van der Waals surface area (Å²) in [4.78, 5) is 25.1. The molecule has 0 bridgehead atoms. The molecule has 8 heteroatoms. The summed E-state index contributed by atoms with van der Waals surface area (Å²) in [5.74, 6) is 0.198. The molecule has 3 rings (SSSR count). The van der Waals surface area contributed by atoms with E-state index in [1.165, 1.54) is 17.0 Å². The summed E-state index contributed by atoms with van der Waals surface area (Å²) in [6.07, 6.45) is 3.18. The van der Waals surface area contributed by atoms with Crippen LogP contribution in [0.3, 0.4) is 0 Å². The van der Waals surface area contributed by atoms with Gasteiger partial charge in [-0.15, -0.1) is 6.58 Å². The lowest BCUT2D eigenvalue weighted by Crippen LogP contribution is -2.27. The van der Waals surface area contributed by atoms with E-state index < -0.39 is 4.92 Å². The van der Waals surface area contributed by atoms with Gasteiger partial charge in [-0.25, -0.2) is 0 Å². The molecule has 1 aliphatic rings. The zero-order valence-electron chi connectivity index (χ0n) is 15.7. The minimum Gasteiger partial charge on any atom is -0.488 e. The number of nitrogens with zero attached hydrogens (tertiary/aromatic N) is 2. The molecule has 0 radical (unpaired) electrons. The Labute approximate surface area is 178 Å². The minimum absolute atomic E-state index is 0.0824. The number of nitro groups is 1. The number of thioether (sulfide) groups is 1. The summed E-state index contributed by atoms with van der Waals surface area (Å²) in [5.41, 5.74) is 2.46. The van der Waals surface area contributed by atoms with E-state index >= 15 is 0 Å². The summed E-state index contributed by atoms with van der Waals surface area (Å²) in [6.45, 7) is 6.24. The predicted octanol–water partition coefficient (Wildman–Crippen LogP) is 4.87. The van der Waals surface area contributed by atoms with E-state index in [0.717, 1.165) is 22.9 Å². The van der Waals surface area contributed by atoms with Crippen LogP contribution in [-0.2, 0) is 11.4 Å². The quantitative estimate of drug-likeness (QED) is 0.207. The van der Waals surface area contributed by atoms with Crippen LogP contribution in [0.5, 0.6) is 5.75 Å². The van der Waals surface area contributed by atoms with Gasteiger partial charge in [0.1, 0.15) is 16.7 Å². The third-order valence-corrected chi connectivity index (χ3v) is 5.70. The smallest absolute Gasteiger partial charge is 0.270 e. The van der Waals surface area contributed by atoms with Crippen molar-refractivity contribution in [1.82, 2.24) is 4.90 Å². The summed E-state index contributed by atoms with van der Waals surface area (Å²) in [7, 11) is 0. The zero-order valence-corrected chi connectivity index (χ0v) is 17.3. The summed E-state index contributed by atoms with van der Waals surface area (Å²) >= 11 is 6.40. The first-order valence-corrected chi connectivity index (χ1v) is 9.95. The normalized spacial score (nSPS) is 15.1. The first-order valence-electron chi connectivity index (χ1n) is 8.72. The van der Waals surface area contributed by atoms with Gasteiger partial charge >= 0.3 is 0 Å². The Morgan fingerprint density at radius 2 is 2.07 bits per heavy atom. The Morgan fingerprint density at radius 3 is 2.76 bits per heavy atom. The fourth-order valence-electron chi connectivity index (χ4n) is 2.75. The first kappa shape index (κ1) is 20.8. The topological polar surface area (TPSA) is 72.7 Å². The van der Waals surface area contributed by atoms with E-state index in [1.54, 1.807) is 18.2 Å². The maximum Gasteiger partial charge on any atom is 0.270 e. The van der Waals surface area contributed by atoms with Crippen molar-refractivity contribution in [3.05, 3.63) is 86.8 Å². The van der Waals surface area contributed by atoms with Gasteiger partial charge < -0.3 is 4.74 Å². The van der Waals surface area contributed by atoms with E-state index in [9.17, 15) is 14.9 Å². The number of ether oxygens (including phenoxy) is 1. The maximum absolute atomic E-state index is 12.6. The fraction of sp³-hybridized carbons (Fsp3) is 0.143. The third-order valence-electron chi connectivity index (χ3n) is 4.32. The lowest BCUT2D eigenvalue weighted by Gasteiger charge is -2.12. The minimum atomic E-state index is -0.481. The van der Waals surface area contributed by atoms with Gasteiger partial charge in [0.25, 0.3) is 11.6 Å². The molecule has 1 fully saturated rings. The van der Waals surface area contributed by atoms with Crippen molar-refractivity contribution in [1.29, 1.82) is 0 Å². The van der Waals surface area contributed by atoms with Crippen molar-refractivity contribution in [3.63, 3.8) is 0 Å². The molecule has 0 atom stereocenters. The number of carbonyl (C=O) groups excluding carboxylic acids is 1. The van der Waals surface area contributed by atoms with Crippen LogP contribution in [0, 0.1) is 17.0 Å². The SMILES string of the molecule is C=CCN1C(=O)/C(=C\c2cc([N+](=O)[O-])ccc2OCc2ccccc2C)SC1=S. The molecular weight excluding hydrogens is 408 g/mol. The zero-order chi connectivity index (χ0) is 21.0. The molecule has 1 aliphatic heterocycles. The number of hydrogen-bond acceptors (Lipinski definition) is 6. The van der Waals surface area contributed by atoms with Crippen LogP contribution in [0.1, 0.15) is 16.7 Å². The van der Waals surface area contributed by atoms with E-state index in [1.807, 2.05) is 31.2 Å². The maximum atomic E-state index is 12.6. The van der Waals surface area contributed by atoms with Gasteiger partial charge in [0.2, 0.25) is 0 Å². The van der Waals surface area contributed by atoms with Crippen LogP contribution in [0.25, 0.3) is 6.08 Å². The van der Waals surface area contributed by atoms with E-state index in [-0.39, 0.29) is 11.6 Å². The number of hydrogen-bond donors (Lipinski definition) is 0. The Bertz CT molecular complexity index is 1030. The second-order valence-electron chi connectivity index (χ2n) is 6.28. The van der Waals surface area contributed by atoms with Gasteiger partial charge in [0.05, 0.1) is 9.83 Å². The average Bonchev–Trinajstić information content (AvgIpc) is 2.95. The number of rotatable bonds is 7. The van der Waals surface area contributed by atoms with E-state index in [2.05, 4.69) is 6.58 Å². The number of nitro benzene ring substituents is 1. The predicted molar refractivity (Wildman–Crippen MR) is 119 cm³/mol.